The highest BCUT2D eigenvalue weighted by atomic mass is 16.5. The monoisotopic (exact) mass is 202 g/mol. The van der Waals surface area contributed by atoms with E-state index in [0.29, 0.717) is 6.61 Å². The molecule has 80 valence electrons. The average Bonchev–Trinajstić information content (AvgIpc) is 2.17. The lowest BCUT2D eigenvalue weighted by Gasteiger charge is -2.13. The molecule has 0 atom stereocenters. The number of hydrogen-bond donors (Lipinski definition) is 0. The van der Waals surface area contributed by atoms with E-state index < -0.39 is 0 Å². The fourth-order valence-electron chi connectivity index (χ4n) is 1.43. The van der Waals surface area contributed by atoms with Crippen molar-refractivity contribution in [2.45, 2.75) is 20.3 Å². The van der Waals surface area contributed by atoms with Crippen LogP contribution in [0.15, 0.2) is 43.0 Å². The lowest BCUT2D eigenvalue weighted by molar-refractivity contribution is 0.347. The lowest BCUT2D eigenvalue weighted by atomic mass is 10.1. The lowest BCUT2D eigenvalue weighted by Crippen LogP contribution is -2.02. The van der Waals surface area contributed by atoms with Crippen molar-refractivity contribution in [1.82, 2.24) is 0 Å². The van der Waals surface area contributed by atoms with Gasteiger partial charge >= 0.3 is 0 Å². The van der Waals surface area contributed by atoms with Crippen molar-refractivity contribution in [3.63, 3.8) is 0 Å². The third kappa shape index (κ3) is 3.28. The topological polar surface area (TPSA) is 9.23 Å². The third-order valence-corrected chi connectivity index (χ3v) is 2.12. The highest BCUT2D eigenvalue weighted by Gasteiger charge is 2.05. The third-order valence-electron chi connectivity index (χ3n) is 2.12. The van der Waals surface area contributed by atoms with E-state index in [0.717, 1.165) is 23.3 Å². The van der Waals surface area contributed by atoms with E-state index in [-0.39, 0.29) is 0 Å². The van der Waals surface area contributed by atoms with Crippen LogP contribution in [-0.4, -0.2) is 6.61 Å². The summed E-state index contributed by atoms with van der Waals surface area (Å²) in [5, 5.41) is 0. The van der Waals surface area contributed by atoms with E-state index in [9.17, 15) is 0 Å². The molecule has 1 aromatic rings. The van der Waals surface area contributed by atoms with Gasteiger partial charge in [-0.05, 0) is 37.0 Å². The van der Waals surface area contributed by atoms with Crippen molar-refractivity contribution in [3.8, 4) is 5.75 Å². The van der Waals surface area contributed by atoms with Crippen LogP contribution in [0.2, 0.25) is 0 Å². The molecule has 1 heteroatoms. The summed E-state index contributed by atoms with van der Waals surface area (Å²) in [6, 6.07) is 6.17. The first kappa shape index (κ1) is 11.6. The quantitative estimate of drug-likeness (QED) is 0.662. The first-order valence-electron chi connectivity index (χ1n) is 5.11. The van der Waals surface area contributed by atoms with E-state index in [1.807, 2.05) is 19.1 Å². The number of allylic oxidation sites excluding steroid dienone is 1. The summed E-state index contributed by atoms with van der Waals surface area (Å²) < 4.78 is 5.73. The van der Waals surface area contributed by atoms with Crippen molar-refractivity contribution in [2.75, 3.05) is 6.61 Å². The summed E-state index contributed by atoms with van der Waals surface area (Å²) >= 11 is 0. The van der Waals surface area contributed by atoms with Crippen LogP contribution in [0.5, 0.6) is 5.75 Å². The first-order chi connectivity index (χ1) is 7.15. The fraction of sp³-hybridized carbons (Fsp3) is 0.286. The van der Waals surface area contributed by atoms with Gasteiger partial charge in [-0.2, -0.15) is 0 Å². The SMILES string of the molecule is C=CCc1cccc(C)c1OCC(=C)C. The Morgan fingerprint density at radius 3 is 2.80 bits per heavy atom. The molecule has 0 spiro atoms. The molecule has 0 aliphatic heterocycles. The van der Waals surface area contributed by atoms with Crippen molar-refractivity contribution >= 4 is 0 Å². The van der Waals surface area contributed by atoms with Crippen molar-refractivity contribution < 1.29 is 4.74 Å². The van der Waals surface area contributed by atoms with E-state index in [2.05, 4.69) is 32.2 Å². The number of aryl methyl sites for hydroxylation is 1. The molecule has 0 aromatic heterocycles. The number of para-hydroxylation sites is 1. The Morgan fingerprint density at radius 1 is 1.47 bits per heavy atom. The van der Waals surface area contributed by atoms with Gasteiger partial charge in [-0.15, -0.1) is 6.58 Å². The number of benzene rings is 1. The highest BCUT2D eigenvalue weighted by molar-refractivity contribution is 5.41. The molecule has 15 heavy (non-hydrogen) atoms. The van der Waals surface area contributed by atoms with Crippen LogP contribution >= 0.6 is 0 Å². The largest absolute Gasteiger partial charge is 0.489 e. The van der Waals surface area contributed by atoms with Crippen LogP contribution in [0.1, 0.15) is 18.1 Å². The van der Waals surface area contributed by atoms with E-state index in [1.54, 1.807) is 0 Å². The predicted octanol–water partition coefficient (Wildman–Crippen LogP) is 3.68. The van der Waals surface area contributed by atoms with Crippen LogP contribution in [-0.2, 0) is 6.42 Å². The molecular formula is C14H18O. The molecule has 1 nitrogen and oxygen atoms in total. The summed E-state index contributed by atoms with van der Waals surface area (Å²) in [6.45, 7) is 12.2. The summed E-state index contributed by atoms with van der Waals surface area (Å²) in [5.41, 5.74) is 3.38. The van der Waals surface area contributed by atoms with Gasteiger partial charge in [-0.3, -0.25) is 0 Å². The molecule has 1 rings (SSSR count). The molecule has 0 heterocycles. The highest BCUT2D eigenvalue weighted by Crippen LogP contribution is 2.24. The molecule has 0 bridgehead atoms. The molecule has 0 fully saturated rings. The van der Waals surface area contributed by atoms with Crippen LogP contribution in [0.25, 0.3) is 0 Å². The molecule has 0 unspecified atom stereocenters. The van der Waals surface area contributed by atoms with Crippen LogP contribution in [0, 0.1) is 6.92 Å². The minimum atomic E-state index is 0.578. The zero-order chi connectivity index (χ0) is 11.3. The molecular weight excluding hydrogens is 184 g/mol. The van der Waals surface area contributed by atoms with Gasteiger partial charge in [0.25, 0.3) is 0 Å². The number of hydrogen-bond acceptors (Lipinski definition) is 1. The Labute approximate surface area is 92.1 Å². The second kappa shape index (κ2) is 5.40. The minimum Gasteiger partial charge on any atom is -0.489 e. The van der Waals surface area contributed by atoms with Crippen molar-refractivity contribution in [3.05, 3.63) is 54.1 Å². The standard InChI is InChI=1S/C14H18O/c1-5-7-13-9-6-8-12(4)14(13)15-10-11(2)3/h5-6,8-9H,1-2,7,10H2,3-4H3. The number of rotatable bonds is 5. The molecule has 0 saturated carbocycles. The summed E-state index contributed by atoms with van der Waals surface area (Å²) in [7, 11) is 0. The summed E-state index contributed by atoms with van der Waals surface area (Å²) in [4.78, 5) is 0. The van der Waals surface area contributed by atoms with E-state index in [1.165, 1.54) is 5.56 Å². The summed E-state index contributed by atoms with van der Waals surface area (Å²) in [6.07, 6.45) is 2.73. The zero-order valence-corrected chi connectivity index (χ0v) is 9.55. The maximum atomic E-state index is 5.73. The maximum absolute atomic E-state index is 5.73. The molecule has 1 aromatic carbocycles. The Balaban J connectivity index is 2.90. The fourth-order valence-corrected chi connectivity index (χ4v) is 1.43. The normalized spacial score (nSPS) is 9.73. The van der Waals surface area contributed by atoms with Gasteiger partial charge in [0, 0.05) is 0 Å². The molecule has 0 amide bonds. The molecule has 0 N–H and O–H groups in total. The number of ether oxygens (including phenoxy) is 1. The average molecular weight is 202 g/mol. The zero-order valence-electron chi connectivity index (χ0n) is 9.55. The first-order valence-corrected chi connectivity index (χ1v) is 5.11. The van der Waals surface area contributed by atoms with Gasteiger partial charge in [0.1, 0.15) is 12.4 Å². The predicted molar refractivity (Wildman–Crippen MR) is 65.4 cm³/mol. The van der Waals surface area contributed by atoms with Gasteiger partial charge in [-0.1, -0.05) is 30.9 Å². The summed E-state index contributed by atoms with van der Waals surface area (Å²) in [5.74, 6) is 0.973. The molecule has 0 saturated heterocycles. The van der Waals surface area contributed by atoms with Crippen LogP contribution in [0.3, 0.4) is 0 Å². The van der Waals surface area contributed by atoms with E-state index in [4.69, 9.17) is 4.74 Å². The molecule has 0 aliphatic rings. The van der Waals surface area contributed by atoms with Gasteiger partial charge in [-0.25, -0.2) is 0 Å². The second-order valence-corrected chi connectivity index (χ2v) is 3.80. The molecule has 0 aliphatic carbocycles. The minimum absolute atomic E-state index is 0.578. The smallest absolute Gasteiger partial charge is 0.126 e. The van der Waals surface area contributed by atoms with Gasteiger partial charge in [0.05, 0.1) is 0 Å². The second-order valence-electron chi connectivity index (χ2n) is 3.80. The van der Waals surface area contributed by atoms with Crippen molar-refractivity contribution in [1.29, 1.82) is 0 Å². The van der Waals surface area contributed by atoms with Crippen molar-refractivity contribution in [2.24, 2.45) is 0 Å². The Kier molecular flexibility index (Phi) is 4.17. The Hall–Kier alpha value is -1.50. The van der Waals surface area contributed by atoms with Crippen LogP contribution < -0.4 is 4.74 Å². The Bertz CT molecular complexity index is 364. The van der Waals surface area contributed by atoms with Gasteiger partial charge in [0.2, 0.25) is 0 Å². The molecule has 0 radical (unpaired) electrons. The van der Waals surface area contributed by atoms with E-state index >= 15 is 0 Å². The van der Waals surface area contributed by atoms with Gasteiger partial charge < -0.3 is 4.74 Å². The maximum Gasteiger partial charge on any atom is 0.126 e. The van der Waals surface area contributed by atoms with Gasteiger partial charge in [0.15, 0.2) is 0 Å². The van der Waals surface area contributed by atoms with Crippen LogP contribution in [0.4, 0.5) is 0 Å². The Morgan fingerprint density at radius 2 is 2.20 bits per heavy atom.